The van der Waals surface area contributed by atoms with Crippen LogP contribution >= 0.6 is 34.8 Å². The van der Waals surface area contributed by atoms with Crippen LogP contribution in [0.25, 0.3) is 11.0 Å². The summed E-state index contributed by atoms with van der Waals surface area (Å²) in [6.07, 6.45) is 0.985. The first-order valence-electron chi connectivity index (χ1n) is 10.7. The van der Waals surface area contributed by atoms with Gasteiger partial charge in [-0.15, -0.1) is 0 Å². The summed E-state index contributed by atoms with van der Waals surface area (Å²) in [6.45, 7) is 1.25. The van der Waals surface area contributed by atoms with Gasteiger partial charge in [0.25, 0.3) is 0 Å². The predicted octanol–water partition coefficient (Wildman–Crippen LogP) is 4.49. The van der Waals surface area contributed by atoms with E-state index < -0.39 is 6.10 Å². The van der Waals surface area contributed by atoms with Crippen LogP contribution in [-0.4, -0.2) is 14.2 Å². The minimum Gasteiger partial charge on any atom is -0.387 e. The molecule has 0 aliphatic heterocycles. The Morgan fingerprint density at radius 3 is 2.47 bits per heavy atom. The molecule has 9 heteroatoms. The first kappa shape index (κ1) is 24.4. The van der Waals surface area contributed by atoms with E-state index in [2.05, 4.69) is 23.2 Å². The minimum atomic E-state index is -0.874. The lowest BCUT2D eigenvalue weighted by atomic mass is 10.1. The molecule has 1 heterocycles. The Morgan fingerprint density at radius 1 is 0.971 bits per heavy atom. The Bertz CT molecular complexity index is 1400. The quantitative estimate of drug-likeness (QED) is 0.277. The molecule has 0 bridgehead atoms. The Hall–Kier alpha value is -2.74. The lowest BCUT2D eigenvalue weighted by Crippen LogP contribution is -2.50. The second-order valence-corrected chi connectivity index (χ2v) is 9.26. The van der Waals surface area contributed by atoms with Gasteiger partial charge in [0.15, 0.2) is 0 Å². The monoisotopic (exact) mass is 516 g/mol. The van der Waals surface area contributed by atoms with Gasteiger partial charge in [-0.3, -0.25) is 5.41 Å². The number of rotatable bonds is 8. The van der Waals surface area contributed by atoms with Gasteiger partial charge in [-0.25, -0.2) is 0 Å². The molecule has 4 rings (SSSR count). The van der Waals surface area contributed by atoms with E-state index in [0.29, 0.717) is 33.7 Å². The summed E-state index contributed by atoms with van der Waals surface area (Å²) in [7, 11) is 0. The molecule has 0 fully saturated rings. The van der Waals surface area contributed by atoms with Crippen LogP contribution in [0.1, 0.15) is 17.2 Å². The third-order valence-corrected chi connectivity index (χ3v) is 6.50. The third-order valence-electron chi connectivity index (χ3n) is 5.53. The van der Waals surface area contributed by atoms with Crippen LogP contribution in [0.3, 0.4) is 0 Å². The molecular formula is C25H25Cl3N5O+. The summed E-state index contributed by atoms with van der Waals surface area (Å²) >= 11 is 18.4. The van der Waals surface area contributed by atoms with E-state index in [-0.39, 0.29) is 12.2 Å². The van der Waals surface area contributed by atoms with Crippen LogP contribution in [0.2, 0.25) is 15.1 Å². The van der Waals surface area contributed by atoms with Crippen molar-refractivity contribution in [1.82, 2.24) is 14.5 Å². The van der Waals surface area contributed by atoms with Gasteiger partial charge in [0.05, 0.1) is 39.9 Å². The molecule has 1 atom stereocenters. The van der Waals surface area contributed by atoms with Gasteiger partial charge in [0.2, 0.25) is 5.62 Å². The molecule has 0 radical (unpaired) electrons. The molecule has 1 aromatic heterocycles. The molecule has 0 saturated heterocycles. The van der Waals surface area contributed by atoms with Crippen molar-refractivity contribution in [2.75, 3.05) is 0 Å². The highest BCUT2D eigenvalue weighted by atomic mass is 35.5. The van der Waals surface area contributed by atoms with Gasteiger partial charge in [0, 0.05) is 11.6 Å². The number of imidazole rings is 1. The molecule has 0 amide bonds. The van der Waals surface area contributed by atoms with Crippen LogP contribution in [0.15, 0.2) is 78.6 Å². The maximum Gasteiger partial charge on any atom is 0.203 e. The number of hydrogen-bond acceptors (Lipinski definition) is 3. The molecular weight excluding hydrogens is 493 g/mol. The Kier molecular flexibility index (Phi) is 7.66. The number of quaternary nitrogens is 1. The Balaban J connectivity index is 1.60. The number of nitrogens with zero attached hydrogens (tertiary/aromatic N) is 2. The van der Waals surface area contributed by atoms with Crippen molar-refractivity contribution in [3.63, 3.8) is 0 Å². The Morgan fingerprint density at radius 2 is 1.74 bits per heavy atom. The van der Waals surface area contributed by atoms with Crippen LogP contribution in [0, 0.1) is 5.41 Å². The maximum absolute atomic E-state index is 10.9. The second-order valence-electron chi connectivity index (χ2n) is 8.01. The van der Waals surface area contributed by atoms with E-state index in [1.807, 2.05) is 41.1 Å². The van der Waals surface area contributed by atoms with Crippen molar-refractivity contribution in [3.05, 3.63) is 110 Å². The summed E-state index contributed by atoms with van der Waals surface area (Å²) in [6, 6.07) is 20.6. The molecule has 176 valence electrons. The third kappa shape index (κ3) is 5.49. The number of aliphatic hydroxyl groups excluding tert-OH is 1. The molecule has 34 heavy (non-hydrogen) atoms. The molecule has 6 nitrogen and oxygen atoms in total. The predicted molar refractivity (Wildman–Crippen MR) is 136 cm³/mol. The van der Waals surface area contributed by atoms with Crippen LogP contribution in [-0.2, 0) is 19.6 Å². The fraction of sp³-hybridized carbons (Fsp3) is 0.160. The molecule has 0 aliphatic carbocycles. The van der Waals surface area contributed by atoms with Crippen molar-refractivity contribution in [2.45, 2.75) is 25.7 Å². The van der Waals surface area contributed by atoms with Crippen molar-refractivity contribution in [2.24, 2.45) is 0 Å². The van der Waals surface area contributed by atoms with Crippen molar-refractivity contribution in [1.29, 1.82) is 5.41 Å². The zero-order valence-electron chi connectivity index (χ0n) is 18.3. The molecule has 0 saturated carbocycles. The van der Waals surface area contributed by atoms with Crippen LogP contribution in [0.4, 0.5) is 0 Å². The highest BCUT2D eigenvalue weighted by Crippen LogP contribution is 2.27. The maximum atomic E-state index is 10.9. The zero-order chi connectivity index (χ0) is 24.2. The van der Waals surface area contributed by atoms with E-state index in [4.69, 9.17) is 40.2 Å². The van der Waals surface area contributed by atoms with Crippen LogP contribution < -0.4 is 16.7 Å². The second kappa shape index (κ2) is 10.7. The lowest BCUT2D eigenvalue weighted by molar-refractivity contribution is -0.308. The van der Waals surface area contributed by atoms with Gasteiger partial charge in [-0.2, -0.15) is 0 Å². The van der Waals surface area contributed by atoms with Crippen LogP contribution in [0.5, 0.6) is 0 Å². The average Bonchev–Trinajstić information content (AvgIpc) is 3.06. The average molecular weight is 518 g/mol. The van der Waals surface area contributed by atoms with E-state index in [0.717, 1.165) is 16.7 Å². The summed E-state index contributed by atoms with van der Waals surface area (Å²) in [4.78, 5) is 0. The smallest absolute Gasteiger partial charge is 0.203 e. The van der Waals surface area contributed by atoms with Gasteiger partial charge in [-0.1, -0.05) is 71.2 Å². The topological polar surface area (TPSA) is 93.6 Å². The number of fused-ring (bicyclic) bond motifs is 1. The van der Waals surface area contributed by atoms with Crippen molar-refractivity contribution in [3.8, 4) is 0 Å². The van der Waals surface area contributed by atoms with E-state index in [1.165, 1.54) is 5.56 Å². The number of benzene rings is 3. The summed E-state index contributed by atoms with van der Waals surface area (Å²) < 4.78 is 3.58. The zero-order valence-corrected chi connectivity index (χ0v) is 20.6. The van der Waals surface area contributed by atoms with E-state index in [1.54, 1.807) is 28.8 Å². The standard InChI is InChI=1S/C25H24Cl3N5O/c26-18-7-9-22-23(11-18)32(14-19(29)13-31-12-16-4-2-1-3-5-16)25(30)33(22)15-24(34)17-6-8-20(27)21(28)10-17/h1-11,13,24,30-31,34H,12,14-15,29H2/p+1/b19-13-,30-25?. The van der Waals surface area contributed by atoms with E-state index in [9.17, 15) is 5.11 Å². The normalized spacial score (nSPS) is 12.8. The summed E-state index contributed by atoms with van der Waals surface area (Å²) in [5.74, 6) is 0. The highest BCUT2D eigenvalue weighted by Gasteiger charge is 2.17. The fourth-order valence-corrected chi connectivity index (χ4v) is 4.29. The van der Waals surface area contributed by atoms with Gasteiger partial charge in [-0.05, 0) is 41.5 Å². The summed E-state index contributed by atoms with van der Waals surface area (Å²) in [5, 5.41) is 24.3. The summed E-state index contributed by atoms with van der Waals surface area (Å²) in [5.41, 5.74) is 8.55. The van der Waals surface area contributed by atoms with Gasteiger partial charge < -0.3 is 25.3 Å². The molecule has 4 aromatic rings. The SMILES string of the molecule is N=c1n(C/C([NH3+])=C/NCc2ccccc2)c2cc(Cl)ccc2n1CC(O)c1ccc(Cl)c(Cl)c1. The highest BCUT2D eigenvalue weighted by molar-refractivity contribution is 6.42. The fourth-order valence-electron chi connectivity index (χ4n) is 3.82. The first-order valence-corrected chi connectivity index (χ1v) is 11.8. The first-order chi connectivity index (χ1) is 16.3. The molecule has 0 spiro atoms. The lowest BCUT2D eigenvalue weighted by Gasteiger charge is -2.13. The Labute approximate surface area is 212 Å². The number of nitrogens with one attached hydrogen (secondary N) is 2. The van der Waals surface area contributed by atoms with Gasteiger partial charge in [0.1, 0.15) is 12.2 Å². The van der Waals surface area contributed by atoms with Gasteiger partial charge >= 0.3 is 0 Å². The number of halogens is 3. The number of aliphatic hydroxyl groups is 1. The number of allylic oxidation sites excluding steroid dienone is 1. The van der Waals surface area contributed by atoms with Crippen molar-refractivity contribution < 1.29 is 10.8 Å². The minimum absolute atomic E-state index is 0.171. The number of aromatic nitrogens is 2. The largest absolute Gasteiger partial charge is 0.387 e. The molecule has 3 aromatic carbocycles. The van der Waals surface area contributed by atoms with E-state index >= 15 is 0 Å². The molecule has 0 aliphatic rings. The molecule has 6 N–H and O–H groups in total. The molecule has 1 unspecified atom stereocenters. The number of hydrogen-bond donors (Lipinski definition) is 4. The van der Waals surface area contributed by atoms with Crippen molar-refractivity contribution >= 4 is 45.8 Å².